The molecule has 1 aliphatic rings. The lowest BCUT2D eigenvalue weighted by Gasteiger charge is -2.25. The van der Waals surface area contributed by atoms with Gasteiger partial charge in [-0.25, -0.2) is 9.78 Å². The number of hydrogen-bond donors (Lipinski definition) is 8. The van der Waals surface area contributed by atoms with Crippen molar-refractivity contribution in [3.63, 3.8) is 0 Å². The van der Waals surface area contributed by atoms with Crippen molar-refractivity contribution in [2.24, 2.45) is 0 Å². The minimum atomic E-state index is -1.31. The van der Waals surface area contributed by atoms with E-state index in [0.29, 0.717) is 29.8 Å². The zero-order valence-electron chi connectivity index (χ0n) is 22.7. The molecule has 222 valence electrons. The van der Waals surface area contributed by atoms with Gasteiger partial charge in [-0.3, -0.25) is 14.4 Å². The first-order chi connectivity index (χ1) is 20.2. The molecule has 3 aromatic rings. The normalized spacial score (nSPS) is 16.6. The Morgan fingerprint density at radius 3 is 1.83 bits per heavy atom. The van der Waals surface area contributed by atoms with Gasteiger partial charge in [0.1, 0.15) is 29.6 Å². The van der Waals surface area contributed by atoms with Crippen LogP contribution in [0.25, 0.3) is 0 Å². The Morgan fingerprint density at radius 1 is 0.810 bits per heavy atom. The van der Waals surface area contributed by atoms with Gasteiger partial charge in [0.2, 0.25) is 17.7 Å². The number of carbonyl (C=O) groups is 4. The number of aromatic nitrogens is 2. The van der Waals surface area contributed by atoms with Crippen LogP contribution in [0.2, 0.25) is 0 Å². The second-order valence-corrected chi connectivity index (χ2v) is 10.2. The molecule has 0 saturated carbocycles. The van der Waals surface area contributed by atoms with Gasteiger partial charge < -0.3 is 41.6 Å². The van der Waals surface area contributed by atoms with Crippen LogP contribution in [0.5, 0.6) is 11.5 Å². The minimum Gasteiger partial charge on any atom is -0.508 e. The number of nitrogens with one attached hydrogen (secondary N) is 5. The molecule has 8 N–H and O–H groups in total. The van der Waals surface area contributed by atoms with E-state index < -0.39 is 42.0 Å². The molecule has 0 bridgehead atoms. The Hall–Kier alpha value is -4.91. The molecule has 0 radical (unpaired) electrons. The van der Waals surface area contributed by atoms with E-state index in [1.807, 2.05) is 0 Å². The van der Waals surface area contributed by atoms with Crippen molar-refractivity contribution in [3.8, 4) is 11.5 Å². The summed E-state index contributed by atoms with van der Waals surface area (Å²) in [6.45, 7) is 0.686. The lowest BCUT2D eigenvalue weighted by molar-refractivity contribution is -0.142. The van der Waals surface area contributed by atoms with Crippen LogP contribution in [0.3, 0.4) is 0 Å². The number of hydrogen-bond acceptors (Lipinski definition) is 8. The lowest BCUT2D eigenvalue weighted by atomic mass is 10.0. The topological polar surface area (TPSA) is 206 Å². The highest BCUT2D eigenvalue weighted by Crippen LogP contribution is 2.15. The number of aromatic amines is 1. The second kappa shape index (κ2) is 14.1. The molecule has 1 aromatic heterocycles. The van der Waals surface area contributed by atoms with Crippen LogP contribution >= 0.6 is 0 Å². The smallest absolute Gasteiger partial charge is 0.326 e. The molecule has 3 amide bonds. The predicted molar refractivity (Wildman–Crippen MR) is 150 cm³/mol. The van der Waals surface area contributed by atoms with Gasteiger partial charge in [-0.1, -0.05) is 24.3 Å². The molecule has 42 heavy (non-hydrogen) atoms. The molecule has 4 atom stereocenters. The van der Waals surface area contributed by atoms with Crippen LogP contribution in [-0.4, -0.2) is 79.7 Å². The van der Waals surface area contributed by atoms with Crippen molar-refractivity contribution in [1.29, 1.82) is 0 Å². The number of imidazole rings is 1. The first-order valence-corrected chi connectivity index (χ1v) is 13.6. The maximum atomic E-state index is 13.7. The Bertz CT molecular complexity index is 1360. The highest BCUT2D eigenvalue weighted by atomic mass is 16.4. The fourth-order valence-corrected chi connectivity index (χ4v) is 4.70. The molecular weight excluding hydrogens is 544 g/mol. The number of aromatic hydroxyl groups is 2. The van der Waals surface area contributed by atoms with Crippen LogP contribution in [-0.2, 0) is 38.4 Å². The van der Waals surface area contributed by atoms with Gasteiger partial charge in [0.05, 0.1) is 12.4 Å². The van der Waals surface area contributed by atoms with E-state index in [0.717, 1.165) is 6.42 Å². The van der Waals surface area contributed by atoms with E-state index in [2.05, 4.69) is 31.2 Å². The Kier molecular flexibility index (Phi) is 10.1. The van der Waals surface area contributed by atoms with Gasteiger partial charge >= 0.3 is 5.97 Å². The van der Waals surface area contributed by atoms with Crippen LogP contribution in [0.4, 0.5) is 0 Å². The number of carbonyl (C=O) groups excluding carboxylic acids is 3. The van der Waals surface area contributed by atoms with Gasteiger partial charge in [0, 0.05) is 31.2 Å². The van der Waals surface area contributed by atoms with E-state index in [1.54, 1.807) is 24.3 Å². The summed E-state index contributed by atoms with van der Waals surface area (Å²) < 4.78 is 0. The molecular formula is C29H34N6O7. The summed E-state index contributed by atoms with van der Waals surface area (Å²) in [4.78, 5) is 58.7. The molecule has 2 aromatic carbocycles. The van der Waals surface area contributed by atoms with Crippen LogP contribution in [0, 0.1) is 0 Å². The Morgan fingerprint density at radius 2 is 1.36 bits per heavy atom. The Balaban J connectivity index is 1.55. The molecule has 1 fully saturated rings. The average molecular weight is 579 g/mol. The second-order valence-electron chi connectivity index (χ2n) is 10.2. The average Bonchev–Trinajstić information content (AvgIpc) is 3.69. The molecule has 13 heteroatoms. The maximum absolute atomic E-state index is 13.7. The lowest BCUT2D eigenvalue weighted by Crippen LogP contribution is -2.58. The molecule has 2 heterocycles. The van der Waals surface area contributed by atoms with Crippen molar-refractivity contribution in [1.82, 2.24) is 31.2 Å². The van der Waals surface area contributed by atoms with Gasteiger partial charge in [-0.15, -0.1) is 0 Å². The van der Waals surface area contributed by atoms with E-state index >= 15 is 0 Å². The standard InChI is InChI=1S/C29H34N6O7/c36-20-7-3-17(4-8-20)12-23(33-26(38)22-2-1-11-31-22)27(39)34-24(13-18-5-9-21(37)10-6-18)28(40)35-25(29(41)42)14-19-15-30-16-32-19/h3-10,15-16,22-25,31,36-37H,1-2,11-14H2,(H,30,32)(H,33,38)(H,34,39)(H,35,40)(H,41,42). The van der Waals surface area contributed by atoms with Crippen LogP contribution in [0.15, 0.2) is 61.1 Å². The monoisotopic (exact) mass is 578 g/mol. The SMILES string of the molecule is O=C(O)C(Cc1cnc[nH]1)NC(=O)C(Cc1ccc(O)cc1)NC(=O)C(Cc1ccc(O)cc1)NC(=O)C1CCCN1. The van der Waals surface area contributed by atoms with Gasteiger partial charge in [0.15, 0.2) is 0 Å². The number of carboxylic acids is 1. The van der Waals surface area contributed by atoms with E-state index in [1.165, 1.54) is 36.8 Å². The zero-order chi connectivity index (χ0) is 30.1. The summed E-state index contributed by atoms with van der Waals surface area (Å²) in [5.41, 5.74) is 1.76. The molecule has 4 rings (SSSR count). The number of aliphatic carboxylic acids is 1. The highest BCUT2D eigenvalue weighted by molar-refractivity contribution is 5.94. The quantitative estimate of drug-likeness (QED) is 0.139. The number of rotatable bonds is 13. The van der Waals surface area contributed by atoms with E-state index in [-0.39, 0.29) is 36.7 Å². The van der Waals surface area contributed by atoms with E-state index in [9.17, 15) is 34.5 Å². The maximum Gasteiger partial charge on any atom is 0.326 e. The number of carboxylic acid groups (broad SMARTS) is 1. The van der Waals surface area contributed by atoms with Crippen molar-refractivity contribution in [2.75, 3.05) is 6.54 Å². The fourth-order valence-electron chi connectivity index (χ4n) is 4.70. The number of nitrogens with zero attached hydrogens (tertiary/aromatic N) is 1. The number of amides is 3. The number of phenolic OH excluding ortho intramolecular Hbond substituents is 2. The summed E-state index contributed by atoms with van der Waals surface area (Å²) >= 11 is 0. The summed E-state index contributed by atoms with van der Waals surface area (Å²) in [7, 11) is 0. The molecule has 4 unspecified atom stereocenters. The summed E-state index contributed by atoms with van der Waals surface area (Å²) in [6.07, 6.45) is 4.30. The Labute approximate surface area is 241 Å². The molecule has 1 aliphatic heterocycles. The number of H-pyrrole nitrogens is 1. The van der Waals surface area contributed by atoms with Gasteiger partial charge in [-0.2, -0.15) is 0 Å². The molecule has 1 saturated heterocycles. The van der Waals surface area contributed by atoms with Crippen molar-refractivity contribution in [2.45, 2.75) is 56.3 Å². The predicted octanol–water partition coefficient (Wildman–Crippen LogP) is 0.140. The molecule has 13 nitrogen and oxygen atoms in total. The minimum absolute atomic E-state index is 0.0156. The van der Waals surface area contributed by atoms with Crippen molar-refractivity contribution >= 4 is 23.7 Å². The largest absolute Gasteiger partial charge is 0.508 e. The van der Waals surface area contributed by atoms with Gasteiger partial charge in [-0.05, 0) is 54.8 Å². The molecule has 0 spiro atoms. The van der Waals surface area contributed by atoms with Crippen molar-refractivity contribution in [3.05, 3.63) is 77.9 Å². The third-order valence-corrected chi connectivity index (χ3v) is 6.99. The fraction of sp³-hybridized carbons (Fsp3) is 0.345. The number of benzene rings is 2. The first kappa shape index (κ1) is 30.1. The summed E-state index contributed by atoms with van der Waals surface area (Å²) in [5, 5.41) is 40.1. The summed E-state index contributed by atoms with van der Waals surface area (Å²) in [6, 6.07) is 8.20. The number of phenols is 2. The summed E-state index contributed by atoms with van der Waals surface area (Å²) in [5.74, 6) is -2.94. The third kappa shape index (κ3) is 8.54. The van der Waals surface area contributed by atoms with Crippen molar-refractivity contribution < 1.29 is 34.5 Å². The van der Waals surface area contributed by atoms with Crippen LogP contribution in [0.1, 0.15) is 29.7 Å². The first-order valence-electron chi connectivity index (χ1n) is 13.6. The third-order valence-electron chi connectivity index (χ3n) is 6.99. The van der Waals surface area contributed by atoms with Crippen LogP contribution < -0.4 is 21.3 Å². The van der Waals surface area contributed by atoms with Gasteiger partial charge in [0.25, 0.3) is 0 Å². The van der Waals surface area contributed by atoms with E-state index in [4.69, 9.17) is 0 Å². The zero-order valence-corrected chi connectivity index (χ0v) is 22.7. The molecule has 0 aliphatic carbocycles. The highest BCUT2D eigenvalue weighted by Gasteiger charge is 2.32.